The number of carbonyl (C=O) groups excluding carboxylic acids is 4. The van der Waals surface area contributed by atoms with Gasteiger partial charge in [0.05, 0.1) is 17.0 Å². The Balaban J connectivity index is 1.90. The maximum Gasteiger partial charge on any atom is 0.418 e. The number of hydrogen-bond acceptors (Lipinski definition) is 5. The number of rotatable bonds is 4. The zero-order chi connectivity index (χ0) is 18.6. The Labute approximate surface area is 143 Å². The first kappa shape index (κ1) is 18.8. The van der Waals surface area contributed by atoms with Crippen molar-refractivity contribution < 1.29 is 32.3 Å². The molecule has 1 fully saturated rings. The molecule has 0 unspecified atom stereocenters. The number of halogens is 3. The number of amides is 4. The highest BCUT2D eigenvalue weighted by Crippen LogP contribution is 2.34. The number of anilines is 1. The Morgan fingerprint density at radius 1 is 1.16 bits per heavy atom. The van der Waals surface area contributed by atoms with E-state index in [9.17, 15) is 32.3 Å². The van der Waals surface area contributed by atoms with E-state index < -0.39 is 40.4 Å². The summed E-state index contributed by atoms with van der Waals surface area (Å²) in [6.07, 6.45) is -4.69. The van der Waals surface area contributed by atoms with Crippen LogP contribution in [0.1, 0.15) is 5.56 Å². The maximum absolute atomic E-state index is 12.8. The van der Waals surface area contributed by atoms with Gasteiger partial charge in [-0.25, -0.2) is 0 Å². The smallest absolute Gasteiger partial charge is 0.346 e. The fourth-order valence-electron chi connectivity index (χ4n) is 1.98. The lowest BCUT2D eigenvalue weighted by Crippen LogP contribution is -2.41. The molecule has 1 aliphatic rings. The van der Waals surface area contributed by atoms with Gasteiger partial charge in [0.15, 0.2) is 0 Å². The highest BCUT2D eigenvalue weighted by Gasteiger charge is 2.34. The second kappa shape index (κ2) is 7.55. The van der Waals surface area contributed by atoms with Gasteiger partial charge in [0.2, 0.25) is 5.91 Å². The summed E-state index contributed by atoms with van der Waals surface area (Å²) in [5.41, 5.74) is -1.63. The average Bonchev–Trinajstić information content (AvgIpc) is 2.86. The van der Waals surface area contributed by atoms with Crippen molar-refractivity contribution in [1.29, 1.82) is 0 Å². The lowest BCUT2D eigenvalue weighted by atomic mass is 10.1. The maximum atomic E-state index is 12.8. The molecular formula is C14H12F3N3O4S. The van der Waals surface area contributed by atoms with Crippen LogP contribution >= 0.6 is 11.8 Å². The molecule has 0 bridgehead atoms. The molecule has 0 radical (unpaired) electrons. The van der Waals surface area contributed by atoms with Crippen LogP contribution in [-0.4, -0.2) is 46.7 Å². The molecule has 1 aromatic carbocycles. The van der Waals surface area contributed by atoms with E-state index >= 15 is 0 Å². The Kier molecular flexibility index (Phi) is 5.67. The number of benzene rings is 1. The first-order chi connectivity index (χ1) is 11.7. The molecule has 1 heterocycles. The summed E-state index contributed by atoms with van der Waals surface area (Å²) in [7, 11) is 0. The Morgan fingerprint density at radius 3 is 2.44 bits per heavy atom. The Hall–Kier alpha value is -2.56. The molecule has 7 nitrogen and oxygen atoms in total. The molecule has 0 spiro atoms. The van der Waals surface area contributed by atoms with Crippen molar-refractivity contribution in [2.45, 2.75) is 6.18 Å². The molecule has 4 amide bonds. The van der Waals surface area contributed by atoms with Gasteiger partial charge in [-0.15, -0.1) is 0 Å². The van der Waals surface area contributed by atoms with Crippen LogP contribution in [0.3, 0.4) is 0 Å². The number of para-hydroxylation sites is 1. The van der Waals surface area contributed by atoms with Gasteiger partial charge in [-0.05, 0) is 12.1 Å². The number of alkyl halides is 3. The van der Waals surface area contributed by atoms with Crippen molar-refractivity contribution in [3.05, 3.63) is 29.8 Å². The Bertz CT molecular complexity index is 708. The lowest BCUT2D eigenvalue weighted by molar-refractivity contribution is -0.138. The van der Waals surface area contributed by atoms with E-state index in [0.29, 0.717) is 0 Å². The SMILES string of the molecule is O=C(NCCN1C(=O)CSC1=O)C(=O)Nc1ccccc1C(F)(F)F. The molecule has 0 aromatic heterocycles. The van der Waals surface area contributed by atoms with Crippen molar-refractivity contribution in [2.75, 3.05) is 24.2 Å². The van der Waals surface area contributed by atoms with Crippen molar-refractivity contribution in [3.63, 3.8) is 0 Å². The van der Waals surface area contributed by atoms with Crippen LogP contribution in [0.15, 0.2) is 24.3 Å². The minimum atomic E-state index is -4.69. The van der Waals surface area contributed by atoms with E-state index in [2.05, 4.69) is 5.32 Å². The number of nitrogens with zero attached hydrogens (tertiary/aromatic N) is 1. The van der Waals surface area contributed by atoms with Gasteiger partial charge in [0.1, 0.15) is 0 Å². The van der Waals surface area contributed by atoms with Crippen LogP contribution < -0.4 is 10.6 Å². The molecule has 1 aromatic rings. The Morgan fingerprint density at radius 2 is 1.84 bits per heavy atom. The summed E-state index contributed by atoms with van der Waals surface area (Å²) < 4.78 is 38.5. The summed E-state index contributed by atoms with van der Waals surface area (Å²) in [5.74, 6) is -2.86. The van der Waals surface area contributed by atoms with Crippen LogP contribution in [0.25, 0.3) is 0 Å². The number of carbonyl (C=O) groups is 4. The van der Waals surface area contributed by atoms with E-state index in [4.69, 9.17) is 0 Å². The highest BCUT2D eigenvalue weighted by molar-refractivity contribution is 8.14. The van der Waals surface area contributed by atoms with Crippen molar-refractivity contribution in [2.24, 2.45) is 0 Å². The minimum absolute atomic E-state index is 0.0154. The summed E-state index contributed by atoms with van der Waals surface area (Å²) in [4.78, 5) is 47.0. The second-order valence-electron chi connectivity index (χ2n) is 4.85. The first-order valence-electron chi connectivity index (χ1n) is 6.92. The molecule has 0 aliphatic carbocycles. The monoisotopic (exact) mass is 375 g/mol. The normalized spacial score (nSPS) is 14.6. The van der Waals surface area contributed by atoms with Gasteiger partial charge in [0, 0.05) is 13.1 Å². The van der Waals surface area contributed by atoms with Crippen LogP contribution in [0.5, 0.6) is 0 Å². The fourth-order valence-corrected chi connectivity index (χ4v) is 2.73. The molecule has 1 aliphatic heterocycles. The first-order valence-corrected chi connectivity index (χ1v) is 7.91. The van der Waals surface area contributed by atoms with Crippen LogP contribution in [-0.2, 0) is 20.6 Å². The number of thioether (sulfide) groups is 1. The summed E-state index contributed by atoms with van der Waals surface area (Å²) in [6, 6.07) is 4.23. The molecule has 25 heavy (non-hydrogen) atoms. The molecule has 11 heteroatoms. The molecule has 1 saturated heterocycles. The van der Waals surface area contributed by atoms with E-state index in [1.807, 2.05) is 5.32 Å². The number of hydrogen-bond donors (Lipinski definition) is 2. The molecule has 0 atom stereocenters. The van der Waals surface area contributed by atoms with Gasteiger partial charge in [-0.1, -0.05) is 23.9 Å². The van der Waals surface area contributed by atoms with Crippen molar-refractivity contribution in [1.82, 2.24) is 10.2 Å². The minimum Gasteiger partial charge on any atom is -0.346 e. The second-order valence-corrected chi connectivity index (χ2v) is 5.78. The summed E-state index contributed by atoms with van der Waals surface area (Å²) in [6.45, 7) is -0.311. The quantitative estimate of drug-likeness (QED) is 0.777. The zero-order valence-electron chi connectivity index (χ0n) is 12.6. The predicted octanol–water partition coefficient (Wildman–Crippen LogP) is 1.46. The van der Waals surface area contributed by atoms with Crippen LogP contribution in [0, 0.1) is 0 Å². The third-order valence-electron chi connectivity index (χ3n) is 3.15. The summed E-state index contributed by atoms with van der Waals surface area (Å²) >= 11 is 0.823. The average molecular weight is 375 g/mol. The van der Waals surface area contributed by atoms with E-state index in [0.717, 1.165) is 34.9 Å². The van der Waals surface area contributed by atoms with Crippen LogP contribution in [0.2, 0.25) is 0 Å². The largest absolute Gasteiger partial charge is 0.418 e. The topological polar surface area (TPSA) is 95.6 Å². The fraction of sp³-hybridized carbons (Fsp3) is 0.286. The van der Waals surface area contributed by atoms with Gasteiger partial charge < -0.3 is 10.6 Å². The molecule has 0 saturated carbocycles. The molecule has 134 valence electrons. The van der Waals surface area contributed by atoms with E-state index in [-0.39, 0.29) is 18.8 Å². The molecule has 2 N–H and O–H groups in total. The van der Waals surface area contributed by atoms with Crippen LogP contribution in [0.4, 0.5) is 23.7 Å². The zero-order valence-corrected chi connectivity index (χ0v) is 13.4. The van der Waals surface area contributed by atoms with E-state index in [1.54, 1.807) is 0 Å². The highest BCUT2D eigenvalue weighted by atomic mass is 32.2. The lowest BCUT2D eigenvalue weighted by Gasteiger charge is -2.14. The van der Waals surface area contributed by atoms with Gasteiger partial charge in [0.25, 0.3) is 5.24 Å². The number of nitrogens with one attached hydrogen (secondary N) is 2. The third kappa shape index (κ3) is 4.72. The summed E-state index contributed by atoms with van der Waals surface area (Å²) in [5, 5.41) is 3.58. The van der Waals surface area contributed by atoms with Gasteiger partial charge in [-0.3, -0.25) is 24.1 Å². The number of imide groups is 1. The van der Waals surface area contributed by atoms with Gasteiger partial charge >= 0.3 is 18.0 Å². The van der Waals surface area contributed by atoms with Crippen molar-refractivity contribution in [3.8, 4) is 0 Å². The third-order valence-corrected chi connectivity index (χ3v) is 4.01. The molecular weight excluding hydrogens is 363 g/mol. The van der Waals surface area contributed by atoms with Crippen molar-refractivity contribution >= 4 is 40.4 Å². The van der Waals surface area contributed by atoms with Gasteiger partial charge in [-0.2, -0.15) is 13.2 Å². The standard InChI is InChI=1S/C14H12F3N3O4S/c15-14(16,17)8-3-1-2-4-9(8)19-12(23)11(22)18-5-6-20-10(21)7-25-13(20)24/h1-4H,5-7H2,(H,18,22)(H,19,23). The van der Waals surface area contributed by atoms with E-state index in [1.165, 1.54) is 6.07 Å². The predicted molar refractivity (Wildman–Crippen MR) is 82.7 cm³/mol. The molecule has 2 rings (SSSR count).